The number of carboxylic acid groups (broad SMARTS) is 1. The van der Waals surface area contributed by atoms with Gasteiger partial charge in [-0.2, -0.15) is 0 Å². The molecule has 29 heavy (non-hydrogen) atoms. The first-order valence-electron chi connectivity index (χ1n) is 10.3. The summed E-state index contributed by atoms with van der Waals surface area (Å²) in [7, 11) is 0. The number of amides is 2. The van der Waals surface area contributed by atoms with Crippen LogP contribution in [0.5, 0.6) is 0 Å². The summed E-state index contributed by atoms with van der Waals surface area (Å²) in [5.74, 6) is -2.60. The van der Waals surface area contributed by atoms with Crippen molar-refractivity contribution in [1.82, 2.24) is 10.9 Å². The zero-order valence-corrected chi connectivity index (χ0v) is 17.8. The van der Waals surface area contributed by atoms with Crippen LogP contribution in [0, 0.1) is 35.0 Å². The van der Waals surface area contributed by atoms with Crippen LogP contribution in [0.4, 0.5) is 0 Å². The Morgan fingerprint density at radius 2 is 1.79 bits per heavy atom. The van der Waals surface area contributed by atoms with E-state index in [2.05, 4.69) is 31.6 Å². The van der Waals surface area contributed by atoms with Gasteiger partial charge in [0.2, 0.25) is 5.91 Å². The molecule has 2 amide bonds. The van der Waals surface area contributed by atoms with Crippen LogP contribution in [-0.2, 0) is 22.4 Å². The molecule has 0 radical (unpaired) electrons. The van der Waals surface area contributed by atoms with Crippen LogP contribution >= 0.6 is 11.3 Å². The van der Waals surface area contributed by atoms with Gasteiger partial charge in [-0.05, 0) is 54.4 Å². The number of aliphatic carboxylic acids is 1. The predicted molar refractivity (Wildman–Crippen MR) is 110 cm³/mol. The number of nitrogens with one attached hydrogen (secondary N) is 2. The predicted octanol–water partition coefficient (Wildman–Crippen LogP) is 3.18. The van der Waals surface area contributed by atoms with Crippen molar-refractivity contribution in [3.63, 3.8) is 0 Å². The minimum Gasteiger partial charge on any atom is -0.481 e. The Hall–Kier alpha value is -2.15. The molecule has 3 aliphatic carbocycles. The number of carboxylic acids is 1. The summed E-state index contributed by atoms with van der Waals surface area (Å²) in [5.41, 5.74) is 6.97. The Morgan fingerprint density at radius 3 is 2.45 bits per heavy atom. The minimum absolute atomic E-state index is 0.0683. The fraction of sp³-hybridized carbons (Fsp3) is 0.591. The molecule has 1 fully saturated rings. The molecule has 3 N–H and O–H groups in total. The van der Waals surface area contributed by atoms with Gasteiger partial charge in [0.1, 0.15) is 0 Å². The van der Waals surface area contributed by atoms with Gasteiger partial charge >= 0.3 is 5.97 Å². The lowest BCUT2D eigenvalue weighted by Gasteiger charge is -2.34. The molecule has 3 aliphatic rings. The van der Waals surface area contributed by atoms with Gasteiger partial charge in [0.15, 0.2) is 0 Å². The van der Waals surface area contributed by atoms with E-state index in [1.807, 2.05) is 17.5 Å². The number of hydrogen-bond donors (Lipinski definition) is 3. The molecule has 1 saturated carbocycles. The molecule has 0 saturated heterocycles. The highest BCUT2D eigenvalue weighted by molar-refractivity contribution is 7.10. The van der Waals surface area contributed by atoms with E-state index in [1.54, 1.807) is 11.3 Å². The van der Waals surface area contributed by atoms with Crippen LogP contribution in [0.1, 0.15) is 54.4 Å². The number of carbonyl (C=O) groups excluding carboxylic acids is 2. The van der Waals surface area contributed by atoms with Gasteiger partial charge in [0.25, 0.3) is 5.91 Å². The van der Waals surface area contributed by atoms with Crippen molar-refractivity contribution < 1.29 is 19.5 Å². The van der Waals surface area contributed by atoms with Crippen LogP contribution in [0.3, 0.4) is 0 Å². The average molecular weight is 417 g/mol. The zero-order chi connectivity index (χ0) is 20.9. The standard InChI is InChI=1S/C22H28N2O4S/c1-22(2,3)13-6-7-14-15(10-29-16(14)9-13)19(25)23-24-20(26)17-11-4-5-12(8-11)18(17)21(27)28/h4-5,10-13,17-18H,6-9H2,1-3H3,(H,23,25)(H,24,26)(H,27,28)/t11-,12-,13-,17-,18-/m0/s1. The summed E-state index contributed by atoms with van der Waals surface area (Å²) >= 11 is 1.61. The second-order valence-corrected chi connectivity index (χ2v) is 10.6. The number of rotatable bonds is 3. The van der Waals surface area contributed by atoms with Crippen LogP contribution in [0.25, 0.3) is 0 Å². The van der Waals surface area contributed by atoms with Crippen molar-refractivity contribution >= 4 is 29.1 Å². The Bertz CT molecular complexity index is 882. The number of thiophene rings is 1. The lowest BCUT2D eigenvalue weighted by Crippen LogP contribution is -2.48. The Morgan fingerprint density at radius 1 is 1.10 bits per heavy atom. The smallest absolute Gasteiger partial charge is 0.307 e. The first kappa shape index (κ1) is 20.1. The quantitative estimate of drug-likeness (QED) is 0.521. The SMILES string of the molecule is CC(C)(C)[C@H]1CCc2c(C(=O)NNC(=O)[C@@H]3[C@@H](C(=O)O)[C@H]4C=C[C@H]3C4)csc2C1. The van der Waals surface area contributed by atoms with E-state index in [4.69, 9.17) is 0 Å². The van der Waals surface area contributed by atoms with E-state index in [0.717, 1.165) is 24.8 Å². The summed E-state index contributed by atoms with van der Waals surface area (Å²) in [6.07, 6.45) is 7.43. The van der Waals surface area contributed by atoms with E-state index in [0.29, 0.717) is 17.9 Å². The van der Waals surface area contributed by atoms with E-state index < -0.39 is 23.7 Å². The molecule has 0 aliphatic heterocycles. The minimum atomic E-state index is -0.950. The number of fused-ring (bicyclic) bond motifs is 3. The van der Waals surface area contributed by atoms with Crippen LogP contribution in [0.2, 0.25) is 0 Å². The molecular formula is C22H28N2O4S. The second kappa shape index (κ2) is 7.27. The van der Waals surface area contributed by atoms with Crippen LogP contribution in [0.15, 0.2) is 17.5 Å². The van der Waals surface area contributed by atoms with E-state index in [-0.39, 0.29) is 23.2 Å². The number of hydrogen-bond acceptors (Lipinski definition) is 4. The van der Waals surface area contributed by atoms with Gasteiger partial charge in [-0.25, -0.2) is 0 Å². The summed E-state index contributed by atoms with van der Waals surface area (Å²) < 4.78 is 0. The average Bonchev–Trinajstić information content (AvgIpc) is 3.37. The Labute approximate surface area is 174 Å². The number of carbonyl (C=O) groups is 3. The molecule has 1 heterocycles. The van der Waals surface area contributed by atoms with Crippen molar-refractivity contribution in [3.05, 3.63) is 33.5 Å². The largest absolute Gasteiger partial charge is 0.481 e. The van der Waals surface area contributed by atoms with Gasteiger partial charge in [-0.1, -0.05) is 32.9 Å². The van der Waals surface area contributed by atoms with E-state index >= 15 is 0 Å². The molecule has 0 unspecified atom stereocenters. The zero-order valence-electron chi connectivity index (χ0n) is 17.0. The first-order chi connectivity index (χ1) is 13.7. The van der Waals surface area contributed by atoms with Gasteiger partial charge < -0.3 is 5.11 Å². The highest BCUT2D eigenvalue weighted by atomic mass is 32.1. The van der Waals surface area contributed by atoms with Crippen molar-refractivity contribution in [3.8, 4) is 0 Å². The maximum atomic E-state index is 12.7. The molecule has 156 valence electrons. The summed E-state index contributed by atoms with van der Waals surface area (Å²) in [6, 6.07) is 0. The van der Waals surface area contributed by atoms with Crippen molar-refractivity contribution in [1.29, 1.82) is 0 Å². The van der Waals surface area contributed by atoms with Gasteiger partial charge in [0.05, 0.1) is 17.4 Å². The molecule has 1 aromatic heterocycles. The fourth-order valence-corrected chi connectivity index (χ4v) is 6.39. The normalized spacial score (nSPS) is 30.1. The van der Waals surface area contributed by atoms with Gasteiger partial charge in [0, 0.05) is 10.3 Å². The van der Waals surface area contributed by atoms with Gasteiger partial charge in [-0.15, -0.1) is 11.3 Å². The molecule has 0 aromatic carbocycles. The van der Waals surface area contributed by atoms with Crippen molar-refractivity contribution in [2.24, 2.45) is 35.0 Å². The summed E-state index contributed by atoms with van der Waals surface area (Å²) in [4.78, 5) is 38.2. The summed E-state index contributed by atoms with van der Waals surface area (Å²) in [6.45, 7) is 6.78. The van der Waals surface area contributed by atoms with Crippen molar-refractivity contribution in [2.45, 2.75) is 46.5 Å². The maximum absolute atomic E-state index is 12.7. The third kappa shape index (κ3) is 3.61. The third-order valence-electron chi connectivity index (χ3n) is 6.97. The Balaban J connectivity index is 1.40. The molecule has 0 spiro atoms. The van der Waals surface area contributed by atoms with Crippen LogP contribution in [-0.4, -0.2) is 22.9 Å². The molecular weight excluding hydrogens is 388 g/mol. The highest BCUT2D eigenvalue weighted by Crippen LogP contribution is 2.48. The van der Waals surface area contributed by atoms with E-state index in [9.17, 15) is 19.5 Å². The number of allylic oxidation sites excluding steroid dienone is 2. The molecule has 4 rings (SSSR count). The Kier molecular flexibility index (Phi) is 5.05. The molecule has 2 bridgehead atoms. The van der Waals surface area contributed by atoms with Crippen molar-refractivity contribution in [2.75, 3.05) is 0 Å². The molecule has 7 heteroatoms. The molecule has 5 atom stereocenters. The van der Waals surface area contributed by atoms with Crippen LogP contribution < -0.4 is 10.9 Å². The lowest BCUT2D eigenvalue weighted by molar-refractivity contribution is -0.148. The van der Waals surface area contributed by atoms with Gasteiger partial charge in [-0.3, -0.25) is 25.2 Å². The lowest BCUT2D eigenvalue weighted by atomic mass is 9.72. The maximum Gasteiger partial charge on any atom is 0.307 e. The third-order valence-corrected chi connectivity index (χ3v) is 8.02. The first-order valence-corrected chi connectivity index (χ1v) is 11.2. The highest BCUT2D eigenvalue weighted by Gasteiger charge is 2.51. The fourth-order valence-electron chi connectivity index (χ4n) is 5.23. The second-order valence-electron chi connectivity index (χ2n) is 9.64. The monoisotopic (exact) mass is 416 g/mol. The molecule has 1 aromatic rings. The molecule has 6 nitrogen and oxygen atoms in total. The number of hydrazine groups is 1. The van der Waals surface area contributed by atoms with E-state index in [1.165, 1.54) is 4.88 Å². The topological polar surface area (TPSA) is 95.5 Å². The summed E-state index contributed by atoms with van der Waals surface area (Å²) in [5, 5.41) is 11.4.